The van der Waals surface area contributed by atoms with Crippen molar-refractivity contribution in [3.8, 4) is 5.75 Å². The number of urea groups is 1. The Hall–Kier alpha value is -2.49. The van der Waals surface area contributed by atoms with Gasteiger partial charge in [-0.05, 0) is 43.5 Å². The highest BCUT2D eigenvalue weighted by Crippen LogP contribution is 2.18. The van der Waals surface area contributed by atoms with Crippen molar-refractivity contribution in [1.82, 2.24) is 10.6 Å². The highest BCUT2D eigenvalue weighted by atomic mass is 16.5. The summed E-state index contributed by atoms with van der Waals surface area (Å²) in [5, 5.41) is 5.65. The van der Waals surface area contributed by atoms with E-state index in [0.29, 0.717) is 19.7 Å². The van der Waals surface area contributed by atoms with Gasteiger partial charge in [-0.25, -0.2) is 4.79 Å². The van der Waals surface area contributed by atoms with Crippen LogP contribution in [-0.2, 0) is 6.54 Å². The molecule has 122 valence electrons. The number of ether oxygens (including phenoxy) is 1. The average molecular weight is 312 g/mol. The quantitative estimate of drug-likeness (QED) is 0.802. The molecule has 0 aromatic heterocycles. The van der Waals surface area contributed by atoms with Crippen LogP contribution >= 0.6 is 0 Å². The van der Waals surface area contributed by atoms with E-state index in [4.69, 9.17) is 4.74 Å². The minimum Gasteiger partial charge on any atom is -0.491 e. The van der Waals surface area contributed by atoms with Gasteiger partial charge in [-0.2, -0.15) is 0 Å². The number of benzene rings is 2. The maximum absolute atomic E-state index is 11.8. The van der Waals surface area contributed by atoms with E-state index in [1.165, 1.54) is 11.1 Å². The molecule has 0 unspecified atom stereocenters. The molecule has 4 heteroatoms. The Morgan fingerprint density at radius 2 is 1.78 bits per heavy atom. The van der Waals surface area contributed by atoms with Crippen molar-refractivity contribution in [2.75, 3.05) is 13.2 Å². The fourth-order valence-corrected chi connectivity index (χ4v) is 2.33. The number of hydrogen-bond donors (Lipinski definition) is 2. The monoisotopic (exact) mass is 312 g/mol. The molecular weight excluding hydrogens is 288 g/mol. The maximum Gasteiger partial charge on any atom is 0.315 e. The number of rotatable bonds is 6. The van der Waals surface area contributed by atoms with E-state index >= 15 is 0 Å². The van der Waals surface area contributed by atoms with E-state index in [-0.39, 0.29) is 6.03 Å². The van der Waals surface area contributed by atoms with Crippen LogP contribution in [0.3, 0.4) is 0 Å². The molecule has 2 aromatic rings. The molecule has 4 nitrogen and oxygen atoms in total. The van der Waals surface area contributed by atoms with Crippen molar-refractivity contribution in [1.29, 1.82) is 0 Å². The highest BCUT2D eigenvalue weighted by Gasteiger charge is 2.03. The zero-order chi connectivity index (χ0) is 16.7. The molecule has 2 aromatic carbocycles. The Labute approximate surface area is 137 Å². The minimum absolute atomic E-state index is 0.183. The summed E-state index contributed by atoms with van der Waals surface area (Å²) in [6.45, 7) is 7.54. The molecule has 0 aliphatic rings. The third-order valence-electron chi connectivity index (χ3n) is 3.68. The molecule has 0 saturated carbocycles. The zero-order valence-corrected chi connectivity index (χ0v) is 14.0. The van der Waals surface area contributed by atoms with Crippen molar-refractivity contribution < 1.29 is 9.53 Å². The van der Waals surface area contributed by atoms with E-state index in [0.717, 1.165) is 16.9 Å². The molecule has 2 rings (SSSR count). The highest BCUT2D eigenvalue weighted by molar-refractivity contribution is 5.73. The molecule has 0 aliphatic carbocycles. The molecule has 0 bridgehead atoms. The van der Waals surface area contributed by atoms with E-state index in [2.05, 4.69) is 23.6 Å². The lowest BCUT2D eigenvalue weighted by Crippen LogP contribution is -2.37. The van der Waals surface area contributed by atoms with Crippen LogP contribution in [-0.4, -0.2) is 19.2 Å². The van der Waals surface area contributed by atoms with Gasteiger partial charge >= 0.3 is 6.03 Å². The first kappa shape index (κ1) is 16.9. The Morgan fingerprint density at radius 1 is 1.00 bits per heavy atom. The molecule has 0 atom stereocenters. The molecule has 23 heavy (non-hydrogen) atoms. The Balaban J connectivity index is 1.68. The summed E-state index contributed by atoms with van der Waals surface area (Å²) < 4.78 is 5.68. The van der Waals surface area contributed by atoms with Crippen molar-refractivity contribution in [3.05, 3.63) is 64.7 Å². The van der Waals surface area contributed by atoms with Gasteiger partial charge in [0.2, 0.25) is 0 Å². The maximum atomic E-state index is 11.8. The van der Waals surface area contributed by atoms with Gasteiger partial charge in [-0.1, -0.05) is 42.0 Å². The normalized spacial score (nSPS) is 10.2. The van der Waals surface area contributed by atoms with Gasteiger partial charge in [0.1, 0.15) is 12.4 Å². The lowest BCUT2D eigenvalue weighted by Gasteiger charge is -2.11. The molecule has 0 spiro atoms. The Kier molecular flexibility index (Phi) is 6.03. The van der Waals surface area contributed by atoms with Gasteiger partial charge < -0.3 is 15.4 Å². The zero-order valence-electron chi connectivity index (χ0n) is 14.0. The molecule has 0 heterocycles. The van der Waals surface area contributed by atoms with E-state index in [9.17, 15) is 4.79 Å². The molecule has 2 amide bonds. The van der Waals surface area contributed by atoms with Gasteiger partial charge in [0, 0.05) is 6.54 Å². The van der Waals surface area contributed by atoms with Crippen molar-refractivity contribution in [2.24, 2.45) is 0 Å². The number of hydrogen-bond acceptors (Lipinski definition) is 2. The lowest BCUT2D eigenvalue weighted by molar-refractivity contribution is 0.236. The van der Waals surface area contributed by atoms with Crippen LogP contribution in [0, 0.1) is 20.8 Å². The van der Waals surface area contributed by atoms with Crippen LogP contribution in [0.2, 0.25) is 0 Å². The van der Waals surface area contributed by atoms with Gasteiger partial charge in [0.25, 0.3) is 0 Å². The van der Waals surface area contributed by atoms with E-state index in [1.54, 1.807) is 0 Å². The molecule has 0 fully saturated rings. The van der Waals surface area contributed by atoms with Crippen LogP contribution in [0.25, 0.3) is 0 Å². The third kappa shape index (κ3) is 5.33. The molecule has 2 N–H and O–H groups in total. The van der Waals surface area contributed by atoms with Crippen molar-refractivity contribution in [3.63, 3.8) is 0 Å². The number of nitrogens with one attached hydrogen (secondary N) is 2. The van der Waals surface area contributed by atoms with Crippen molar-refractivity contribution in [2.45, 2.75) is 27.3 Å². The van der Waals surface area contributed by atoms with Gasteiger partial charge in [0.15, 0.2) is 0 Å². The summed E-state index contributed by atoms with van der Waals surface area (Å²) in [5.74, 6) is 0.859. The van der Waals surface area contributed by atoms with E-state index < -0.39 is 0 Å². The smallest absolute Gasteiger partial charge is 0.315 e. The number of aryl methyl sites for hydroxylation is 3. The third-order valence-corrected chi connectivity index (χ3v) is 3.68. The fourth-order valence-electron chi connectivity index (χ4n) is 2.33. The summed E-state index contributed by atoms with van der Waals surface area (Å²) in [5.41, 5.74) is 4.61. The first-order valence-electron chi connectivity index (χ1n) is 7.82. The predicted molar refractivity (Wildman–Crippen MR) is 92.8 cm³/mol. The molecule has 0 aliphatic heterocycles. The first-order chi connectivity index (χ1) is 11.1. The molecule has 0 radical (unpaired) electrons. The van der Waals surface area contributed by atoms with Crippen LogP contribution in [0.15, 0.2) is 42.5 Å². The second-order valence-corrected chi connectivity index (χ2v) is 5.65. The number of carbonyl (C=O) groups excluding carboxylic acids is 1. The van der Waals surface area contributed by atoms with E-state index in [1.807, 2.05) is 50.2 Å². The lowest BCUT2D eigenvalue weighted by atomic mass is 10.1. The summed E-state index contributed by atoms with van der Waals surface area (Å²) in [7, 11) is 0. The second-order valence-electron chi connectivity index (χ2n) is 5.65. The van der Waals surface area contributed by atoms with Crippen LogP contribution < -0.4 is 15.4 Å². The van der Waals surface area contributed by atoms with Crippen LogP contribution in [0.5, 0.6) is 5.75 Å². The second kappa shape index (κ2) is 8.22. The Morgan fingerprint density at radius 3 is 2.52 bits per heavy atom. The summed E-state index contributed by atoms with van der Waals surface area (Å²) in [6, 6.07) is 13.9. The predicted octanol–water partition coefficient (Wildman–Crippen LogP) is 3.49. The summed E-state index contributed by atoms with van der Waals surface area (Å²) >= 11 is 0. The topological polar surface area (TPSA) is 50.4 Å². The standard InChI is InChI=1S/C19H24N2O2/c1-14-8-9-18(16(3)12-14)23-11-10-20-19(22)21-13-17-7-5-4-6-15(17)2/h4-9,12H,10-11,13H2,1-3H3,(H2,20,21,22). The average Bonchev–Trinajstić information content (AvgIpc) is 2.52. The Bertz CT molecular complexity index is 668. The van der Waals surface area contributed by atoms with Gasteiger partial charge in [-0.15, -0.1) is 0 Å². The van der Waals surface area contributed by atoms with Crippen molar-refractivity contribution >= 4 is 6.03 Å². The minimum atomic E-state index is -0.183. The first-order valence-corrected chi connectivity index (χ1v) is 7.82. The number of amides is 2. The number of carbonyl (C=O) groups is 1. The van der Waals surface area contributed by atoms with Crippen LogP contribution in [0.4, 0.5) is 4.79 Å². The molecule has 0 saturated heterocycles. The largest absolute Gasteiger partial charge is 0.491 e. The van der Waals surface area contributed by atoms with Gasteiger partial charge in [-0.3, -0.25) is 0 Å². The SMILES string of the molecule is Cc1ccc(OCCNC(=O)NCc2ccccc2C)c(C)c1. The molecular formula is C19H24N2O2. The van der Waals surface area contributed by atoms with Crippen LogP contribution in [0.1, 0.15) is 22.3 Å². The summed E-state index contributed by atoms with van der Waals surface area (Å²) in [4.78, 5) is 11.8. The van der Waals surface area contributed by atoms with Gasteiger partial charge in [0.05, 0.1) is 6.54 Å². The summed E-state index contributed by atoms with van der Waals surface area (Å²) in [6.07, 6.45) is 0. The fraction of sp³-hybridized carbons (Fsp3) is 0.316.